The molecule has 0 aliphatic carbocycles. The lowest BCUT2D eigenvalue weighted by Crippen LogP contribution is -2.18. The van der Waals surface area contributed by atoms with Gasteiger partial charge in [0.15, 0.2) is 5.69 Å². The summed E-state index contributed by atoms with van der Waals surface area (Å²) in [6.07, 6.45) is 3.22. The zero-order valence-corrected chi connectivity index (χ0v) is 12.7. The van der Waals surface area contributed by atoms with E-state index in [1.54, 1.807) is 50.7 Å². The van der Waals surface area contributed by atoms with Gasteiger partial charge in [-0.05, 0) is 43.3 Å². The summed E-state index contributed by atoms with van der Waals surface area (Å²) >= 11 is 0. The summed E-state index contributed by atoms with van der Waals surface area (Å²) in [7, 11) is 1.60. The van der Waals surface area contributed by atoms with E-state index in [0.29, 0.717) is 17.1 Å². The maximum Gasteiger partial charge on any atom is 0.276 e. The quantitative estimate of drug-likeness (QED) is 0.799. The molecule has 0 atom stereocenters. The van der Waals surface area contributed by atoms with E-state index >= 15 is 0 Å². The van der Waals surface area contributed by atoms with Gasteiger partial charge in [0.05, 0.1) is 30.4 Å². The van der Waals surface area contributed by atoms with E-state index in [4.69, 9.17) is 4.74 Å². The summed E-state index contributed by atoms with van der Waals surface area (Å²) in [4.78, 5) is 16.5. The van der Waals surface area contributed by atoms with Gasteiger partial charge in [-0.2, -0.15) is 0 Å². The Labute approximate surface area is 132 Å². The lowest BCUT2D eigenvalue weighted by atomic mass is 10.2. The molecule has 0 saturated carbocycles. The normalized spacial score (nSPS) is 10.3. The molecule has 3 rings (SSSR count). The highest BCUT2D eigenvalue weighted by molar-refractivity contribution is 6.04. The van der Waals surface area contributed by atoms with Gasteiger partial charge in [-0.15, -0.1) is 5.10 Å². The molecule has 3 aromatic rings. The molecule has 2 aromatic heterocycles. The fourth-order valence-electron chi connectivity index (χ4n) is 2.15. The molecule has 0 aliphatic rings. The van der Waals surface area contributed by atoms with Crippen molar-refractivity contribution in [2.45, 2.75) is 6.92 Å². The Hall–Kier alpha value is -3.22. The van der Waals surface area contributed by atoms with Crippen molar-refractivity contribution in [3.05, 3.63) is 60.2 Å². The van der Waals surface area contributed by atoms with Crippen LogP contribution in [0.4, 0.5) is 5.69 Å². The van der Waals surface area contributed by atoms with Crippen molar-refractivity contribution in [3.8, 4) is 11.4 Å². The minimum atomic E-state index is -0.295. The third-order valence-corrected chi connectivity index (χ3v) is 3.29. The molecule has 7 heteroatoms. The van der Waals surface area contributed by atoms with Crippen LogP contribution in [0.1, 0.15) is 16.2 Å². The van der Waals surface area contributed by atoms with Crippen LogP contribution in [-0.4, -0.2) is 33.0 Å². The highest BCUT2D eigenvalue weighted by Gasteiger charge is 2.19. The molecule has 0 aliphatic heterocycles. The van der Waals surface area contributed by atoms with Crippen LogP contribution in [-0.2, 0) is 0 Å². The monoisotopic (exact) mass is 309 g/mol. The van der Waals surface area contributed by atoms with Gasteiger partial charge >= 0.3 is 0 Å². The molecule has 0 unspecified atom stereocenters. The lowest BCUT2D eigenvalue weighted by Gasteiger charge is -2.08. The summed E-state index contributed by atoms with van der Waals surface area (Å²) in [5.41, 5.74) is 2.25. The van der Waals surface area contributed by atoms with Crippen molar-refractivity contribution in [1.29, 1.82) is 0 Å². The van der Waals surface area contributed by atoms with E-state index in [-0.39, 0.29) is 5.91 Å². The summed E-state index contributed by atoms with van der Waals surface area (Å²) in [6.45, 7) is 1.74. The highest BCUT2D eigenvalue weighted by Crippen LogP contribution is 2.18. The first-order valence-corrected chi connectivity index (χ1v) is 6.97. The van der Waals surface area contributed by atoms with Crippen molar-refractivity contribution < 1.29 is 9.53 Å². The lowest BCUT2D eigenvalue weighted by molar-refractivity contribution is 0.101. The number of ether oxygens (including phenoxy) is 1. The van der Waals surface area contributed by atoms with Crippen molar-refractivity contribution >= 4 is 11.6 Å². The van der Waals surface area contributed by atoms with Crippen LogP contribution in [0.2, 0.25) is 0 Å². The fourth-order valence-corrected chi connectivity index (χ4v) is 2.15. The van der Waals surface area contributed by atoms with Gasteiger partial charge in [0, 0.05) is 6.20 Å². The fraction of sp³-hybridized carbons (Fsp3) is 0.125. The van der Waals surface area contributed by atoms with Gasteiger partial charge in [0.25, 0.3) is 5.91 Å². The summed E-state index contributed by atoms with van der Waals surface area (Å²) in [5, 5.41) is 10.8. The number of aromatic nitrogens is 4. The first kappa shape index (κ1) is 14.7. The molecule has 1 amide bonds. The van der Waals surface area contributed by atoms with Crippen molar-refractivity contribution in [3.63, 3.8) is 0 Å². The molecule has 0 saturated heterocycles. The minimum Gasteiger partial charge on any atom is -0.497 e. The van der Waals surface area contributed by atoms with Crippen LogP contribution in [0.15, 0.2) is 48.8 Å². The Balaban J connectivity index is 1.93. The van der Waals surface area contributed by atoms with Crippen molar-refractivity contribution in [2.24, 2.45) is 0 Å². The van der Waals surface area contributed by atoms with Crippen LogP contribution >= 0.6 is 0 Å². The number of aryl methyl sites for hydroxylation is 1. The third kappa shape index (κ3) is 3.03. The molecule has 0 bridgehead atoms. The van der Waals surface area contributed by atoms with Crippen molar-refractivity contribution in [1.82, 2.24) is 20.0 Å². The number of anilines is 1. The number of amides is 1. The van der Waals surface area contributed by atoms with Gasteiger partial charge in [-0.25, -0.2) is 4.68 Å². The number of carbonyl (C=O) groups excluding carboxylic acids is 1. The van der Waals surface area contributed by atoms with E-state index in [9.17, 15) is 4.79 Å². The van der Waals surface area contributed by atoms with Crippen LogP contribution in [0.3, 0.4) is 0 Å². The topological polar surface area (TPSA) is 81.9 Å². The molecular formula is C16H15N5O2. The molecule has 116 valence electrons. The van der Waals surface area contributed by atoms with Gasteiger partial charge in [-0.3, -0.25) is 9.78 Å². The number of nitrogens with one attached hydrogen (secondary N) is 1. The Morgan fingerprint density at radius 3 is 2.65 bits per heavy atom. The third-order valence-electron chi connectivity index (χ3n) is 3.29. The largest absolute Gasteiger partial charge is 0.497 e. The summed E-state index contributed by atoms with van der Waals surface area (Å²) in [5.74, 6) is 0.434. The average Bonchev–Trinajstić information content (AvgIpc) is 2.97. The van der Waals surface area contributed by atoms with Gasteiger partial charge in [0.1, 0.15) is 5.75 Å². The van der Waals surface area contributed by atoms with Gasteiger partial charge in [-0.1, -0.05) is 5.21 Å². The molecule has 0 radical (unpaired) electrons. The van der Waals surface area contributed by atoms with Crippen LogP contribution in [0, 0.1) is 6.92 Å². The first-order chi connectivity index (χ1) is 11.2. The van der Waals surface area contributed by atoms with E-state index in [2.05, 4.69) is 20.6 Å². The molecule has 0 spiro atoms. The molecule has 23 heavy (non-hydrogen) atoms. The van der Waals surface area contributed by atoms with Gasteiger partial charge in [0.2, 0.25) is 0 Å². The maximum atomic E-state index is 12.5. The Kier molecular flexibility index (Phi) is 4.01. The van der Waals surface area contributed by atoms with Gasteiger partial charge < -0.3 is 10.1 Å². The number of pyridine rings is 1. The van der Waals surface area contributed by atoms with E-state index < -0.39 is 0 Å². The Morgan fingerprint density at radius 1 is 1.22 bits per heavy atom. The zero-order valence-electron chi connectivity index (χ0n) is 12.7. The number of rotatable bonds is 4. The van der Waals surface area contributed by atoms with Crippen LogP contribution in [0.5, 0.6) is 5.75 Å². The zero-order chi connectivity index (χ0) is 16.2. The second-order valence-corrected chi connectivity index (χ2v) is 4.83. The van der Waals surface area contributed by atoms with E-state index in [1.807, 2.05) is 12.1 Å². The minimum absolute atomic E-state index is 0.295. The maximum absolute atomic E-state index is 12.5. The standard InChI is InChI=1S/C16H15N5O2/c1-11-15(16(22)18-12-4-3-9-17-10-12)21(20-19-11)13-5-7-14(23-2)8-6-13/h3-10H,1-2H3,(H,18,22). The number of hydrogen-bond donors (Lipinski definition) is 1. The van der Waals surface area contributed by atoms with E-state index in [0.717, 1.165) is 11.4 Å². The number of carbonyl (C=O) groups is 1. The van der Waals surface area contributed by atoms with E-state index in [1.165, 1.54) is 4.68 Å². The smallest absolute Gasteiger partial charge is 0.276 e. The predicted octanol–water partition coefficient (Wildman–Crippen LogP) is 2.23. The Morgan fingerprint density at radius 2 is 2.00 bits per heavy atom. The van der Waals surface area contributed by atoms with Crippen LogP contribution < -0.4 is 10.1 Å². The second-order valence-electron chi connectivity index (χ2n) is 4.83. The van der Waals surface area contributed by atoms with Crippen LogP contribution in [0.25, 0.3) is 5.69 Å². The molecule has 0 fully saturated rings. The SMILES string of the molecule is COc1ccc(-n2nnc(C)c2C(=O)Nc2cccnc2)cc1. The molecule has 7 nitrogen and oxygen atoms in total. The molecule has 1 aromatic carbocycles. The average molecular weight is 309 g/mol. The molecule has 1 N–H and O–H groups in total. The second kappa shape index (κ2) is 6.27. The Bertz CT molecular complexity index is 812. The number of benzene rings is 1. The number of methoxy groups -OCH3 is 1. The molecule has 2 heterocycles. The summed E-state index contributed by atoms with van der Waals surface area (Å²) in [6, 6.07) is 10.7. The summed E-state index contributed by atoms with van der Waals surface area (Å²) < 4.78 is 6.64. The molecular weight excluding hydrogens is 294 g/mol. The highest BCUT2D eigenvalue weighted by atomic mass is 16.5. The van der Waals surface area contributed by atoms with Crippen molar-refractivity contribution in [2.75, 3.05) is 12.4 Å². The number of hydrogen-bond acceptors (Lipinski definition) is 5. The number of nitrogens with zero attached hydrogens (tertiary/aromatic N) is 4. The predicted molar refractivity (Wildman–Crippen MR) is 84.8 cm³/mol. The first-order valence-electron chi connectivity index (χ1n) is 6.97.